The van der Waals surface area contributed by atoms with E-state index in [0.29, 0.717) is 5.92 Å². The van der Waals surface area contributed by atoms with Crippen molar-refractivity contribution in [3.8, 4) is 5.75 Å². The minimum Gasteiger partial charge on any atom is -0.493 e. The molecule has 27 heavy (non-hydrogen) atoms. The van der Waals surface area contributed by atoms with Crippen LogP contribution in [0, 0.1) is 5.92 Å². The molecule has 5 heteroatoms. The lowest BCUT2D eigenvalue weighted by Gasteiger charge is -2.42. The number of rotatable bonds is 6. The molecule has 5 nitrogen and oxygen atoms in total. The molecule has 0 radical (unpaired) electrons. The maximum Gasteiger partial charge on any atom is 0.119 e. The van der Waals surface area contributed by atoms with Crippen LogP contribution in [0.25, 0.3) is 0 Å². The third kappa shape index (κ3) is 5.23. The second-order valence-electron chi connectivity index (χ2n) is 8.47. The number of benzene rings is 1. The van der Waals surface area contributed by atoms with Gasteiger partial charge in [-0.1, -0.05) is 19.1 Å². The first kappa shape index (κ1) is 19.2. The monoisotopic (exact) mass is 372 g/mol. The highest BCUT2D eigenvalue weighted by Crippen LogP contribution is 2.24. The van der Waals surface area contributed by atoms with E-state index in [4.69, 9.17) is 4.74 Å². The van der Waals surface area contributed by atoms with Crippen molar-refractivity contribution in [1.82, 2.24) is 20.0 Å². The molecule has 2 atom stereocenters. The predicted octanol–water partition coefficient (Wildman–Crippen LogP) is 1.89. The first-order valence-electron chi connectivity index (χ1n) is 10.9. The molecule has 0 saturated carbocycles. The molecule has 3 aliphatic heterocycles. The quantitative estimate of drug-likeness (QED) is 0.824. The molecular weight excluding hydrogens is 336 g/mol. The molecule has 2 unspecified atom stereocenters. The number of hydrogen-bond donors (Lipinski definition) is 1. The minimum atomic E-state index is 0.671. The van der Waals surface area contributed by atoms with E-state index in [1.807, 2.05) is 0 Å². The lowest BCUT2D eigenvalue weighted by atomic mass is 9.92. The van der Waals surface area contributed by atoms with Gasteiger partial charge in [-0.3, -0.25) is 9.80 Å². The Hall–Kier alpha value is -1.14. The molecule has 3 heterocycles. The van der Waals surface area contributed by atoms with Gasteiger partial charge in [0.25, 0.3) is 0 Å². The summed E-state index contributed by atoms with van der Waals surface area (Å²) in [7, 11) is 0. The Bertz CT molecular complexity index is 587. The van der Waals surface area contributed by atoms with Gasteiger partial charge in [-0.2, -0.15) is 0 Å². The normalized spacial score (nSPS) is 28.0. The number of likely N-dealkylation sites (N-methyl/N-ethyl adjacent to an activating group) is 1. The fraction of sp³-hybridized carbons (Fsp3) is 0.727. The molecule has 0 bridgehead atoms. The van der Waals surface area contributed by atoms with Gasteiger partial charge in [0.2, 0.25) is 0 Å². The molecule has 0 amide bonds. The highest BCUT2D eigenvalue weighted by Gasteiger charge is 2.30. The van der Waals surface area contributed by atoms with Crippen molar-refractivity contribution in [2.24, 2.45) is 5.92 Å². The van der Waals surface area contributed by atoms with Crippen molar-refractivity contribution in [3.05, 3.63) is 29.8 Å². The van der Waals surface area contributed by atoms with Gasteiger partial charge in [0, 0.05) is 70.9 Å². The molecule has 1 aromatic rings. The van der Waals surface area contributed by atoms with Crippen molar-refractivity contribution in [2.45, 2.75) is 32.4 Å². The Labute approximate surface area is 164 Å². The largest absolute Gasteiger partial charge is 0.493 e. The second-order valence-corrected chi connectivity index (χ2v) is 8.47. The van der Waals surface area contributed by atoms with Gasteiger partial charge in [-0.25, -0.2) is 0 Å². The number of nitrogens with one attached hydrogen (secondary N) is 1. The highest BCUT2D eigenvalue weighted by atomic mass is 16.5. The fourth-order valence-electron chi connectivity index (χ4n) is 4.78. The van der Waals surface area contributed by atoms with Crippen LogP contribution in [0.2, 0.25) is 0 Å². The molecule has 3 fully saturated rings. The standard InChI is InChI=1S/C22H36N4O/c1-2-24-10-12-25(13-11-24)16-19-4-3-5-22(14-19)27-18-20-6-7-21-15-23-8-9-26(21)17-20/h3-5,14,20-21,23H,2,6-13,15-18H2,1H3. The van der Waals surface area contributed by atoms with E-state index in [0.717, 1.165) is 31.5 Å². The Kier molecular flexibility index (Phi) is 6.66. The third-order valence-electron chi connectivity index (χ3n) is 6.58. The van der Waals surface area contributed by atoms with Crippen LogP contribution in [0.1, 0.15) is 25.3 Å². The summed E-state index contributed by atoms with van der Waals surface area (Å²) in [6, 6.07) is 9.52. The summed E-state index contributed by atoms with van der Waals surface area (Å²) in [6.07, 6.45) is 2.61. The first-order valence-corrected chi connectivity index (χ1v) is 10.9. The van der Waals surface area contributed by atoms with E-state index < -0.39 is 0 Å². The zero-order chi connectivity index (χ0) is 18.5. The summed E-state index contributed by atoms with van der Waals surface area (Å²) >= 11 is 0. The van der Waals surface area contributed by atoms with Crippen LogP contribution in [-0.2, 0) is 6.54 Å². The number of piperazine rings is 2. The van der Waals surface area contributed by atoms with Crippen LogP contribution in [0.15, 0.2) is 24.3 Å². The molecule has 3 aliphatic rings. The summed E-state index contributed by atoms with van der Waals surface area (Å²) in [6.45, 7) is 14.8. The van der Waals surface area contributed by atoms with Crippen molar-refractivity contribution < 1.29 is 4.74 Å². The van der Waals surface area contributed by atoms with Crippen LogP contribution in [0.5, 0.6) is 5.75 Å². The van der Waals surface area contributed by atoms with Crippen LogP contribution >= 0.6 is 0 Å². The van der Waals surface area contributed by atoms with Crippen molar-refractivity contribution in [2.75, 3.05) is 65.5 Å². The second kappa shape index (κ2) is 9.37. The van der Waals surface area contributed by atoms with Crippen molar-refractivity contribution >= 4 is 0 Å². The molecule has 0 aliphatic carbocycles. The average molecular weight is 373 g/mol. The highest BCUT2D eigenvalue weighted by molar-refractivity contribution is 5.28. The van der Waals surface area contributed by atoms with Crippen LogP contribution in [0.3, 0.4) is 0 Å². The third-order valence-corrected chi connectivity index (χ3v) is 6.58. The van der Waals surface area contributed by atoms with E-state index in [1.54, 1.807) is 0 Å². The van der Waals surface area contributed by atoms with Gasteiger partial charge in [0.1, 0.15) is 5.75 Å². The zero-order valence-corrected chi connectivity index (χ0v) is 16.9. The van der Waals surface area contributed by atoms with E-state index in [9.17, 15) is 0 Å². The molecular formula is C22H36N4O. The van der Waals surface area contributed by atoms with Crippen molar-refractivity contribution in [1.29, 1.82) is 0 Å². The number of nitrogens with zero attached hydrogens (tertiary/aromatic N) is 3. The summed E-state index contributed by atoms with van der Waals surface area (Å²) < 4.78 is 6.22. The smallest absolute Gasteiger partial charge is 0.119 e. The SMILES string of the molecule is CCN1CCN(Cc2cccc(OCC3CCC4CNCCN4C3)c2)CC1. The summed E-state index contributed by atoms with van der Waals surface area (Å²) in [5.74, 6) is 1.72. The predicted molar refractivity (Wildman–Crippen MR) is 110 cm³/mol. The number of ether oxygens (including phenoxy) is 1. The van der Waals surface area contributed by atoms with Crippen molar-refractivity contribution in [3.63, 3.8) is 0 Å². The molecule has 0 spiro atoms. The lowest BCUT2D eigenvalue weighted by Crippen LogP contribution is -2.55. The van der Waals surface area contributed by atoms with E-state index in [2.05, 4.69) is 51.2 Å². The van der Waals surface area contributed by atoms with Gasteiger partial charge in [-0.05, 0) is 37.1 Å². The molecule has 1 aromatic carbocycles. The number of hydrogen-bond acceptors (Lipinski definition) is 5. The molecule has 3 saturated heterocycles. The van der Waals surface area contributed by atoms with Crippen LogP contribution in [0.4, 0.5) is 0 Å². The Morgan fingerprint density at radius 2 is 1.93 bits per heavy atom. The maximum atomic E-state index is 6.22. The first-order chi connectivity index (χ1) is 13.3. The van der Waals surface area contributed by atoms with Crippen LogP contribution < -0.4 is 10.1 Å². The molecule has 150 valence electrons. The number of fused-ring (bicyclic) bond motifs is 1. The molecule has 1 N–H and O–H groups in total. The van der Waals surface area contributed by atoms with E-state index in [-0.39, 0.29) is 0 Å². The van der Waals surface area contributed by atoms with Gasteiger partial charge in [0.15, 0.2) is 0 Å². The Balaban J connectivity index is 1.24. The Morgan fingerprint density at radius 3 is 2.78 bits per heavy atom. The Morgan fingerprint density at radius 1 is 1.07 bits per heavy atom. The van der Waals surface area contributed by atoms with Gasteiger partial charge in [-0.15, -0.1) is 0 Å². The average Bonchev–Trinajstić information content (AvgIpc) is 2.73. The zero-order valence-electron chi connectivity index (χ0n) is 16.9. The van der Waals surface area contributed by atoms with E-state index in [1.165, 1.54) is 70.8 Å². The topological polar surface area (TPSA) is 31.0 Å². The van der Waals surface area contributed by atoms with Gasteiger partial charge in [0.05, 0.1) is 6.61 Å². The van der Waals surface area contributed by atoms with E-state index >= 15 is 0 Å². The fourth-order valence-corrected chi connectivity index (χ4v) is 4.78. The maximum absolute atomic E-state index is 6.22. The summed E-state index contributed by atoms with van der Waals surface area (Å²) in [4.78, 5) is 7.76. The number of piperidine rings is 1. The molecule has 0 aromatic heterocycles. The minimum absolute atomic E-state index is 0.671. The summed E-state index contributed by atoms with van der Waals surface area (Å²) in [5, 5.41) is 3.52. The summed E-state index contributed by atoms with van der Waals surface area (Å²) in [5.41, 5.74) is 1.38. The van der Waals surface area contributed by atoms with Gasteiger partial charge >= 0.3 is 0 Å². The molecule has 4 rings (SSSR count). The lowest BCUT2D eigenvalue weighted by molar-refractivity contribution is 0.0649. The van der Waals surface area contributed by atoms with Gasteiger partial charge < -0.3 is 15.0 Å². The van der Waals surface area contributed by atoms with Crippen LogP contribution in [-0.4, -0.2) is 86.3 Å².